The van der Waals surface area contributed by atoms with Crippen LogP contribution < -0.4 is 4.99 Å². The van der Waals surface area contributed by atoms with Crippen LogP contribution in [0.1, 0.15) is 0 Å². The van der Waals surface area contributed by atoms with Crippen LogP contribution in [-0.4, -0.2) is 11.3 Å². The molecule has 2 N–H and O–H groups in total. The number of hydrogen-bond acceptors (Lipinski definition) is 1. The van der Waals surface area contributed by atoms with Crippen LogP contribution in [0.5, 0.6) is 0 Å². The van der Waals surface area contributed by atoms with E-state index in [1.807, 2.05) is 30.3 Å². The van der Waals surface area contributed by atoms with E-state index in [-0.39, 0.29) is 0 Å². The Kier molecular flexibility index (Phi) is 4.11. The molecule has 0 saturated heterocycles. The number of rotatable bonds is 3. The summed E-state index contributed by atoms with van der Waals surface area (Å²) in [5.41, 5.74) is 1.04. The molecule has 0 aliphatic heterocycles. The SMILES string of the molecule is O/C=C/C=C/C=[NH+]c1ccccc1. The molecule has 0 aliphatic carbocycles. The van der Waals surface area contributed by atoms with Gasteiger partial charge in [-0.25, -0.2) is 4.99 Å². The smallest absolute Gasteiger partial charge is 0.203 e. The molecule has 0 saturated carbocycles. The van der Waals surface area contributed by atoms with Crippen LogP contribution in [0.2, 0.25) is 0 Å². The van der Waals surface area contributed by atoms with Gasteiger partial charge >= 0.3 is 0 Å². The van der Waals surface area contributed by atoms with E-state index < -0.39 is 0 Å². The molecule has 1 aromatic carbocycles. The van der Waals surface area contributed by atoms with Crippen molar-refractivity contribution in [3.63, 3.8) is 0 Å². The van der Waals surface area contributed by atoms with Crippen LogP contribution in [0.25, 0.3) is 0 Å². The van der Waals surface area contributed by atoms with Gasteiger partial charge in [0.2, 0.25) is 5.69 Å². The number of nitrogens with one attached hydrogen (secondary N) is 1. The highest BCUT2D eigenvalue weighted by atomic mass is 16.2. The summed E-state index contributed by atoms with van der Waals surface area (Å²) in [6.07, 6.45) is 7.88. The van der Waals surface area contributed by atoms with E-state index in [1.165, 1.54) is 0 Å². The Morgan fingerprint density at radius 2 is 1.77 bits per heavy atom. The molecule has 0 heterocycles. The lowest BCUT2D eigenvalue weighted by Gasteiger charge is -1.81. The summed E-state index contributed by atoms with van der Waals surface area (Å²) in [6, 6.07) is 9.86. The molecule has 1 rings (SSSR count). The summed E-state index contributed by atoms with van der Waals surface area (Å²) in [7, 11) is 0. The topological polar surface area (TPSA) is 34.2 Å². The minimum atomic E-state index is 0.993. The third-order valence-corrected chi connectivity index (χ3v) is 1.43. The molecule has 0 bridgehead atoms. The largest absolute Gasteiger partial charge is 0.516 e. The number of aliphatic hydroxyl groups excluding tert-OH is 1. The van der Waals surface area contributed by atoms with Crippen molar-refractivity contribution in [2.75, 3.05) is 0 Å². The van der Waals surface area contributed by atoms with E-state index in [1.54, 1.807) is 24.4 Å². The maximum absolute atomic E-state index is 8.32. The molecule has 2 heteroatoms. The minimum Gasteiger partial charge on any atom is -0.516 e. The molecule has 1 aromatic rings. The van der Waals surface area contributed by atoms with Gasteiger partial charge in [-0.1, -0.05) is 24.3 Å². The standard InChI is InChI=1S/C11H11NO/c13-10-6-2-5-9-12-11-7-3-1-4-8-11/h1-10,13H/p+1/b5-2+,10-6+,12-9?. The molecule has 0 spiro atoms. The Hall–Kier alpha value is -1.83. The summed E-state index contributed by atoms with van der Waals surface area (Å²) in [6.45, 7) is 0. The van der Waals surface area contributed by atoms with E-state index in [0.29, 0.717) is 0 Å². The quantitative estimate of drug-likeness (QED) is 0.401. The Labute approximate surface area is 77.6 Å². The molecule has 0 radical (unpaired) electrons. The van der Waals surface area contributed by atoms with Crippen molar-refractivity contribution in [2.24, 2.45) is 0 Å². The average Bonchev–Trinajstić information content (AvgIpc) is 2.19. The summed E-state index contributed by atoms with van der Waals surface area (Å²) in [4.78, 5) is 3.08. The maximum atomic E-state index is 8.32. The Balaban J connectivity index is 2.50. The van der Waals surface area contributed by atoms with Crippen LogP contribution in [0.15, 0.2) is 54.8 Å². The van der Waals surface area contributed by atoms with Crippen molar-refractivity contribution in [3.8, 4) is 0 Å². The van der Waals surface area contributed by atoms with Gasteiger partial charge in [0.25, 0.3) is 0 Å². The van der Waals surface area contributed by atoms with Crippen LogP contribution in [0, 0.1) is 0 Å². The number of para-hydroxylation sites is 1. The third-order valence-electron chi connectivity index (χ3n) is 1.43. The zero-order valence-corrected chi connectivity index (χ0v) is 7.22. The average molecular weight is 174 g/mol. The third kappa shape index (κ3) is 3.91. The summed E-state index contributed by atoms with van der Waals surface area (Å²) < 4.78 is 0. The van der Waals surface area contributed by atoms with E-state index in [0.717, 1.165) is 11.9 Å². The Morgan fingerprint density at radius 3 is 2.46 bits per heavy atom. The molecular formula is C11H12NO+. The lowest BCUT2D eigenvalue weighted by molar-refractivity contribution is -0.346. The van der Waals surface area contributed by atoms with Crippen molar-refractivity contribution in [3.05, 3.63) is 54.8 Å². The van der Waals surface area contributed by atoms with Crippen LogP contribution in [-0.2, 0) is 0 Å². The lowest BCUT2D eigenvalue weighted by atomic mass is 10.3. The van der Waals surface area contributed by atoms with E-state index in [4.69, 9.17) is 5.11 Å². The van der Waals surface area contributed by atoms with Gasteiger partial charge in [0.1, 0.15) is 0 Å². The van der Waals surface area contributed by atoms with Gasteiger partial charge in [0.05, 0.1) is 6.26 Å². The Bertz CT molecular complexity index is 312. The van der Waals surface area contributed by atoms with Crippen molar-refractivity contribution < 1.29 is 10.1 Å². The van der Waals surface area contributed by atoms with Gasteiger partial charge in [-0.3, -0.25) is 0 Å². The van der Waals surface area contributed by atoms with Gasteiger partial charge < -0.3 is 5.11 Å². The van der Waals surface area contributed by atoms with Crippen LogP contribution in [0.3, 0.4) is 0 Å². The van der Waals surface area contributed by atoms with Crippen molar-refractivity contribution in [2.45, 2.75) is 0 Å². The summed E-state index contributed by atoms with van der Waals surface area (Å²) in [5, 5.41) is 8.32. The molecule has 0 amide bonds. The Morgan fingerprint density at radius 1 is 1.00 bits per heavy atom. The molecule has 0 fully saturated rings. The first-order chi connectivity index (χ1) is 6.43. The predicted molar refractivity (Wildman–Crippen MR) is 54.0 cm³/mol. The van der Waals surface area contributed by atoms with Gasteiger partial charge in [-0.05, 0) is 6.08 Å². The molecule has 66 valence electrons. The fourth-order valence-electron chi connectivity index (χ4n) is 0.848. The fourth-order valence-corrected chi connectivity index (χ4v) is 0.848. The number of aliphatic hydroxyl groups is 1. The van der Waals surface area contributed by atoms with Crippen molar-refractivity contribution >= 4 is 11.9 Å². The second kappa shape index (κ2) is 5.77. The highest BCUT2D eigenvalue weighted by Crippen LogP contribution is 1.94. The molecule has 0 aliphatic rings. The first-order valence-corrected chi connectivity index (χ1v) is 4.04. The van der Waals surface area contributed by atoms with Crippen molar-refractivity contribution in [1.82, 2.24) is 0 Å². The molecule has 0 unspecified atom stereocenters. The normalized spacial score (nSPS) is 12.0. The second-order valence-corrected chi connectivity index (χ2v) is 2.40. The lowest BCUT2D eigenvalue weighted by Crippen LogP contribution is -2.60. The van der Waals surface area contributed by atoms with Crippen LogP contribution in [0.4, 0.5) is 5.69 Å². The summed E-state index contributed by atoms with van der Waals surface area (Å²) >= 11 is 0. The van der Waals surface area contributed by atoms with Gasteiger partial charge in [-0.15, -0.1) is 0 Å². The van der Waals surface area contributed by atoms with E-state index >= 15 is 0 Å². The highest BCUT2D eigenvalue weighted by Gasteiger charge is 1.87. The van der Waals surface area contributed by atoms with E-state index in [2.05, 4.69) is 4.99 Å². The van der Waals surface area contributed by atoms with Crippen molar-refractivity contribution in [1.29, 1.82) is 0 Å². The van der Waals surface area contributed by atoms with Gasteiger partial charge in [0.15, 0.2) is 6.21 Å². The fraction of sp³-hybridized carbons (Fsp3) is 0. The highest BCUT2D eigenvalue weighted by molar-refractivity contribution is 5.66. The number of hydrogen-bond donors (Lipinski definition) is 2. The zero-order valence-electron chi connectivity index (χ0n) is 7.22. The monoisotopic (exact) mass is 174 g/mol. The molecule has 0 aromatic heterocycles. The first-order valence-electron chi connectivity index (χ1n) is 4.04. The number of allylic oxidation sites excluding steroid dienone is 3. The van der Waals surface area contributed by atoms with Crippen LogP contribution >= 0.6 is 0 Å². The predicted octanol–water partition coefficient (Wildman–Crippen LogP) is 1.10. The molecule has 0 atom stereocenters. The maximum Gasteiger partial charge on any atom is 0.203 e. The zero-order chi connectivity index (χ0) is 9.36. The first kappa shape index (κ1) is 9.26. The summed E-state index contributed by atoms with van der Waals surface area (Å²) in [5.74, 6) is 0. The van der Waals surface area contributed by atoms with E-state index in [9.17, 15) is 0 Å². The number of benzene rings is 1. The molecular weight excluding hydrogens is 162 g/mol. The van der Waals surface area contributed by atoms with Gasteiger partial charge in [0, 0.05) is 18.2 Å². The second-order valence-electron chi connectivity index (χ2n) is 2.40. The molecule has 2 nitrogen and oxygen atoms in total. The minimum absolute atomic E-state index is 0.993. The van der Waals surface area contributed by atoms with Gasteiger partial charge in [-0.2, -0.15) is 0 Å². The molecule has 13 heavy (non-hydrogen) atoms.